The van der Waals surface area contributed by atoms with Crippen LogP contribution in [-0.4, -0.2) is 12.5 Å². The average Bonchev–Trinajstić information content (AvgIpc) is 2.47. The van der Waals surface area contributed by atoms with Crippen LogP contribution in [0.5, 0.6) is 5.75 Å². The summed E-state index contributed by atoms with van der Waals surface area (Å²) in [6.45, 7) is 2.47. The first-order valence-electron chi connectivity index (χ1n) is 7.63. The average molecular weight is 311 g/mol. The summed E-state index contributed by atoms with van der Waals surface area (Å²) in [7, 11) is 0. The molecule has 0 saturated carbocycles. The van der Waals surface area contributed by atoms with Crippen molar-refractivity contribution in [3.8, 4) is 5.75 Å². The van der Waals surface area contributed by atoms with Crippen molar-refractivity contribution >= 4 is 5.91 Å². The standard InChI is InChI=1S/C17H23F2NO2/c1-2-3-4-5-6-7-8-9-12-22-14-11-10-13(18)15(16(14)19)17(20)21/h5-6,10-11H,2-4,7-9,12H2,1H3,(H2,20,21). The van der Waals surface area contributed by atoms with Gasteiger partial charge >= 0.3 is 0 Å². The largest absolute Gasteiger partial charge is 0.490 e. The lowest BCUT2D eigenvalue weighted by molar-refractivity contribution is 0.0991. The number of rotatable bonds is 10. The molecule has 1 aromatic rings. The van der Waals surface area contributed by atoms with Gasteiger partial charge in [-0.05, 0) is 37.8 Å². The summed E-state index contributed by atoms with van der Waals surface area (Å²) >= 11 is 0. The summed E-state index contributed by atoms with van der Waals surface area (Å²) < 4.78 is 32.4. The van der Waals surface area contributed by atoms with E-state index in [9.17, 15) is 13.6 Å². The normalized spacial score (nSPS) is 11.0. The van der Waals surface area contributed by atoms with Gasteiger partial charge in [-0.25, -0.2) is 8.78 Å². The van der Waals surface area contributed by atoms with Crippen LogP contribution < -0.4 is 10.5 Å². The molecule has 0 spiro atoms. The van der Waals surface area contributed by atoms with E-state index < -0.39 is 23.1 Å². The number of halogens is 2. The monoisotopic (exact) mass is 311 g/mol. The van der Waals surface area contributed by atoms with Crippen LogP contribution in [0.25, 0.3) is 0 Å². The number of hydrogen-bond donors (Lipinski definition) is 1. The van der Waals surface area contributed by atoms with Gasteiger partial charge in [0.25, 0.3) is 5.91 Å². The van der Waals surface area contributed by atoms with E-state index in [0.717, 1.165) is 31.7 Å². The van der Waals surface area contributed by atoms with Crippen LogP contribution in [0.3, 0.4) is 0 Å². The van der Waals surface area contributed by atoms with E-state index in [-0.39, 0.29) is 5.75 Å². The number of allylic oxidation sites excluding steroid dienone is 2. The number of ether oxygens (including phenoxy) is 1. The molecule has 22 heavy (non-hydrogen) atoms. The molecule has 0 atom stereocenters. The Hall–Kier alpha value is -1.91. The number of unbranched alkanes of at least 4 members (excludes halogenated alkanes) is 4. The summed E-state index contributed by atoms with van der Waals surface area (Å²) in [6, 6.07) is 2.15. The van der Waals surface area contributed by atoms with Crippen LogP contribution in [0.1, 0.15) is 55.8 Å². The Balaban J connectivity index is 2.35. The highest BCUT2D eigenvalue weighted by Gasteiger charge is 2.18. The Morgan fingerprint density at radius 1 is 1.18 bits per heavy atom. The van der Waals surface area contributed by atoms with Gasteiger partial charge in [-0.3, -0.25) is 4.79 Å². The fraction of sp³-hybridized carbons (Fsp3) is 0.471. The Morgan fingerprint density at radius 3 is 2.50 bits per heavy atom. The number of nitrogens with two attached hydrogens (primary N) is 1. The summed E-state index contributed by atoms with van der Waals surface area (Å²) in [5.74, 6) is -3.30. The molecule has 0 bridgehead atoms. The Labute approximate surface area is 130 Å². The summed E-state index contributed by atoms with van der Waals surface area (Å²) in [6.07, 6.45) is 10.4. The van der Waals surface area contributed by atoms with E-state index in [1.165, 1.54) is 18.9 Å². The molecule has 0 aromatic heterocycles. The molecule has 0 aliphatic carbocycles. The van der Waals surface area contributed by atoms with Crippen LogP contribution in [0.15, 0.2) is 24.3 Å². The Bertz CT molecular complexity index is 516. The number of carbonyl (C=O) groups is 1. The van der Waals surface area contributed by atoms with Crippen molar-refractivity contribution in [3.63, 3.8) is 0 Å². The lowest BCUT2D eigenvalue weighted by Gasteiger charge is -2.09. The maximum Gasteiger partial charge on any atom is 0.254 e. The molecule has 0 aliphatic heterocycles. The first kappa shape index (κ1) is 18.1. The first-order chi connectivity index (χ1) is 10.6. The van der Waals surface area contributed by atoms with E-state index in [2.05, 4.69) is 19.1 Å². The van der Waals surface area contributed by atoms with Crippen molar-refractivity contribution in [2.24, 2.45) is 5.73 Å². The molecule has 0 heterocycles. The predicted octanol–water partition coefficient (Wildman–Crippen LogP) is 4.36. The van der Waals surface area contributed by atoms with Gasteiger partial charge in [0, 0.05) is 0 Å². The maximum absolute atomic E-state index is 13.9. The van der Waals surface area contributed by atoms with Crippen molar-refractivity contribution in [2.45, 2.75) is 45.4 Å². The highest BCUT2D eigenvalue weighted by molar-refractivity contribution is 5.93. The zero-order valence-corrected chi connectivity index (χ0v) is 12.9. The van der Waals surface area contributed by atoms with Crippen LogP contribution >= 0.6 is 0 Å². The molecule has 0 aliphatic rings. The number of hydrogen-bond acceptors (Lipinski definition) is 2. The van der Waals surface area contributed by atoms with Gasteiger partial charge in [-0.1, -0.05) is 31.9 Å². The minimum absolute atomic E-state index is 0.145. The zero-order chi connectivity index (χ0) is 16.4. The number of carbonyl (C=O) groups excluding carboxylic acids is 1. The molecule has 5 heteroatoms. The van der Waals surface area contributed by atoms with E-state index in [4.69, 9.17) is 10.5 Å². The van der Waals surface area contributed by atoms with Gasteiger partial charge < -0.3 is 10.5 Å². The van der Waals surface area contributed by atoms with Gasteiger partial charge in [0.2, 0.25) is 0 Å². The van der Waals surface area contributed by atoms with Gasteiger partial charge in [0.05, 0.1) is 6.61 Å². The summed E-state index contributed by atoms with van der Waals surface area (Å²) in [4.78, 5) is 11.0. The molecule has 2 N–H and O–H groups in total. The quantitative estimate of drug-likeness (QED) is 0.515. The minimum atomic E-state index is -1.14. The Morgan fingerprint density at radius 2 is 1.86 bits per heavy atom. The minimum Gasteiger partial charge on any atom is -0.490 e. The van der Waals surface area contributed by atoms with Crippen molar-refractivity contribution < 1.29 is 18.3 Å². The molecule has 122 valence electrons. The molecule has 1 aromatic carbocycles. The van der Waals surface area contributed by atoms with Crippen LogP contribution in [0.4, 0.5) is 8.78 Å². The second-order valence-corrected chi connectivity index (χ2v) is 5.06. The molecule has 0 saturated heterocycles. The summed E-state index contributed by atoms with van der Waals surface area (Å²) in [5, 5.41) is 0. The molecular weight excluding hydrogens is 288 g/mol. The predicted molar refractivity (Wildman–Crippen MR) is 82.9 cm³/mol. The molecule has 1 amide bonds. The van der Waals surface area contributed by atoms with Gasteiger partial charge in [-0.15, -0.1) is 0 Å². The van der Waals surface area contributed by atoms with Gasteiger partial charge in [0.15, 0.2) is 11.6 Å². The van der Waals surface area contributed by atoms with Crippen molar-refractivity contribution in [3.05, 3.63) is 41.5 Å². The first-order valence-corrected chi connectivity index (χ1v) is 7.63. The van der Waals surface area contributed by atoms with Gasteiger partial charge in [-0.2, -0.15) is 0 Å². The van der Waals surface area contributed by atoms with Crippen LogP contribution in [0.2, 0.25) is 0 Å². The zero-order valence-electron chi connectivity index (χ0n) is 12.9. The third-order valence-electron chi connectivity index (χ3n) is 3.22. The molecule has 0 fully saturated rings. The van der Waals surface area contributed by atoms with E-state index >= 15 is 0 Å². The van der Waals surface area contributed by atoms with E-state index in [1.807, 2.05) is 0 Å². The van der Waals surface area contributed by atoms with Crippen molar-refractivity contribution in [1.29, 1.82) is 0 Å². The molecular formula is C17H23F2NO2. The lowest BCUT2D eigenvalue weighted by Crippen LogP contribution is -2.16. The highest BCUT2D eigenvalue weighted by Crippen LogP contribution is 2.23. The SMILES string of the molecule is CCCCC=CCCCCOc1ccc(F)c(C(N)=O)c1F. The molecule has 0 unspecified atom stereocenters. The van der Waals surface area contributed by atoms with Crippen LogP contribution in [0, 0.1) is 11.6 Å². The van der Waals surface area contributed by atoms with Crippen LogP contribution in [-0.2, 0) is 0 Å². The number of primary amides is 1. The Kier molecular flexibility index (Phi) is 8.18. The third kappa shape index (κ3) is 5.84. The number of benzene rings is 1. The van der Waals surface area contributed by atoms with Crippen molar-refractivity contribution in [2.75, 3.05) is 6.61 Å². The molecule has 3 nitrogen and oxygen atoms in total. The lowest BCUT2D eigenvalue weighted by atomic mass is 10.1. The smallest absolute Gasteiger partial charge is 0.254 e. The van der Waals surface area contributed by atoms with Gasteiger partial charge in [0.1, 0.15) is 11.4 Å². The fourth-order valence-electron chi connectivity index (χ4n) is 1.97. The summed E-state index contributed by atoms with van der Waals surface area (Å²) in [5.41, 5.74) is 4.19. The molecule has 0 radical (unpaired) electrons. The highest BCUT2D eigenvalue weighted by atomic mass is 19.1. The fourth-order valence-corrected chi connectivity index (χ4v) is 1.97. The second kappa shape index (κ2) is 9.92. The number of amides is 1. The molecule has 1 rings (SSSR count). The van der Waals surface area contributed by atoms with Crippen molar-refractivity contribution in [1.82, 2.24) is 0 Å². The third-order valence-corrected chi connectivity index (χ3v) is 3.22. The van der Waals surface area contributed by atoms with E-state index in [0.29, 0.717) is 6.61 Å². The maximum atomic E-state index is 13.9. The van der Waals surface area contributed by atoms with E-state index in [1.54, 1.807) is 0 Å². The second-order valence-electron chi connectivity index (χ2n) is 5.06. The topological polar surface area (TPSA) is 52.3 Å².